The van der Waals surface area contributed by atoms with Gasteiger partial charge < -0.3 is 10.3 Å². The Morgan fingerprint density at radius 1 is 1.00 bits per heavy atom. The van der Waals surface area contributed by atoms with Crippen molar-refractivity contribution in [3.05, 3.63) is 77.0 Å². The van der Waals surface area contributed by atoms with Crippen LogP contribution in [0.15, 0.2) is 77.0 Å². The molecule has 0 atom stereocenters. The first kappa shape index (κ1) is 16.9. The second kappa shape index (κ2) is 7.81. The van der Waals surface area contributed by atoms with Crippen molar-refractivity contribution in [3.63, 3.8) is 0 Å². The molecule has 2 aromatic carbocycles. The standard InChI is InChI=1S/C21H18N2OS2/c24-21(18-11-6-13-25-18)22-12-14-26-20-16-9-4-5-10-17(16)23-19(20)15-7-2-1-3-8-15/h1-11,13,23H,12,14H2,(H,22,24). The molecule has 0 saturated carbocycles. The number of thioether (sulfide) groups is 1. The van der Waals surface area contributed by atoms with Crippen LogP contribution in [0, 0.1) is 0 Å². The summed E-state index contributed by atoms with van der Waals surface area (Å²) in [6.07, 6.45) is 0. The molecule has 0 aliphatic rings. The van der Waals surface area contributed by atoms with Crippen molar-refractivity contribution in [2.24, 2.45) is 0 Å². The largest absolute Gasteiger partial charge is 0.354 e. The summed E-state index contributed by atoms with van der Waals surface area (Å²) in [6.45, 7) is 0.634. The van der Waals surface area contributed by atoms with E-state index in [-0.39, 0.29) is 5.91 Å². The molecule has 130 valence electrons. The van der Waals surface area contributed by atoms with Crippen molar-refractivity contribution >= 4 is 39.9 Å². The van der Waals surface area contributed by atoms with Crippen LogP contribution in [0.5, 0.6) is 0 Å². The Labute approximate surface area is 160 Å². The number of carbonyl (C=O) groups excluding carboxylic acids is 1. The number of thiophene rings is 1. The Kier molecular flexibility index (Phi) is 5.09. The number of H-pyrrole nitrogens is 1. The highest BCUT2D eigenvalue weighted by Gasteiger charge is 2.13. The van der Waals surface area contributed by atoms with E-state index in [1.807, 2.05) is 29.6 Å². The number of fused-ring (bicyclic) bond motifs is 1. The average molecular weight is 379 g/mol. The number of hydrogen-bond acceptors (Lipinski definition) is 3. The second-order valence-corrected chi connectivity index (χ2v) is 7.88. The number of aromatic amines is 1. The minimum absolute atomic E-state index is 0.00260. The monoisotopic (exact) mass is 378 g/mol. The molecule has 4 rings (SSSR count). The second-order valence-electron chi connectivity index (χ2n) is 5.82. The summed E-state index contributed by atoms with van der Waals surface area (Å²) >= 11 is 3.24. The zero-order valence-electron chi connectivity index (χ0n) is 14.1. The Morgan fingerprint density at radius 2 is 1.81 bits per heavy atom. The summed E-state index contributed by atoms with van der Waals surface area (Å²) in [7, 11) is 0. The number of rotatable bonds is 6. The minimum atomic E-state index is 0.00260. The lowest BCUT2D eigenvalue weighted by molar-refractivity contribution is 0.0960. The Morgan fingerprint density at radius 3 is 2.62 bits per heavy atom. The molecule has 2 aromatic heterocycles. The van der Waals surface area contributed by atoms with Crippen molar-refractivity contribution in [2.45, 2.75) is 4.90 Å². The number of benzene rings is 2. The molecule has 1 amide bonds. The van der Waals surface area contributed by atoms with Crippen LogP contribution >= 0.6 is 23.1 Å². The molecular weight excluding hydrogens is 360 g/mol. The van der Waals surface area contributed by atoms with E-state index in [0.29, 0.717) is 6.54 Å². The molecular formula is C21H18N2OS2. The van der Waals surface area contributed by atoms with E-state index in [0.717, 1.165) is 21.8 Å². The highest BCUT2D eigenvalue weighted by atomic mass is 32.2. The molecule has 26 heavy (non-hydrogen) atoms. The van der Waals surface area contributed by atoms with Gasteiger partial charge in [-0.25, -0.2) is 0 Å². The Balaban J connectivity index is 1.51. The molecule has 0 spiro atoms. The maximum Gasteiger partial charge on any atom is 0.261 e. The van der Waals surface area contributed by atoms with Gasteiger partial charge in [0, 0.05) is 28.1 Å². The van der Waals surface area contributed by atoms with E-state index in [4.69, 9.17) is 0 Å². The van der Waals surface area contributed by atoms with Gasteiger partial charge in [0.25, 0.3) is 5.91 Å². The fourth-order valence-corrected chi connectivity index (χ4v) is 4.58. The summed E-state index contributed by atoms with van der Waals surface area (Å²) in [5.41, 5.74) is 3.45. The molecule has 0 saturated heterocycles. The van der Waals surface area contributed by atoms with Crippen LogP contribution in [0.2, 0.25) is 0 Å². The van der Waals surface area contributed by atoms with Crippen molar-refractivity contribution < 1.29 is 4.79 Å². The van der Waals surface area contributed by atoms with E-state index in [1.165, 1.54) is 27.2 Å². The molecule has 4 aromatic rings. The maximum absolute atomic E-state index is 12.1. The topological polar surface area (TPSA) is 44.9 Å². The van der Waals surface area contributed by atoms with Crippen LogP contribution in [0.4, 0.5) is 0 Å². The first-order valence-corrected chi connectivity index (χ1v) is 10.3. The smallest absolute Gasteiger partial charge is 0.261 e. The van der Waals surface area contributed by atoms with Crippen molar-refractivity contribution in [3.8, 4) is 11.3 Å². The van der Waals surface area contributed by atoms with Crippen LogP contribution in [0.3, 0.4) is 0 Å². The zero-order chi connectivity index (χ0) is 17.8. The van der Waals surface area contributed by atoms with E-state index in [9.17, 15) is 4.79 Å². The number of carbonyl (C=O) groups is 1. The fourth-order valence-electron chi connectivity index (χ4n) is 2.89. The number of nitrogens with one attached hydrogen (secondary N) is 2. The van der Waals surface area contributed by atoms with E-state index < -0.39 is 0 Å². The molecule has 3 nitrogen and oxygen atoms in total. The number of hydrogen-bond donors (Lipinski definition) is 2. The lowest BCUT2D eigenvalue weighted by Gasteiger charge is -2.06. The maximum atomic E-state index is 12.1. The molecule has 0 radical (unpaired) electrons. The highest BCUT2D eigenvalue weighted by molar-refractivity contribution is 7.99. The molecule has 2 heterocycles. The minimum Gasteiger partial charge on any atom is -0.354 e. The fraction of sp³-hybridized carbons (Fsp3) is 0.0952. The molecule has 0 aliphatic heterocycles. The van der Waals surface area contributed by atoms with Gasteiger partial charge in [-0.15, -0.1) is 23.1 Å². The third kappa shape index (κ3) is 3.54. The van der Waals surface area contributed by atoms with Crippen molar-refractivity contribution in [1.29, 1.82) is 0 Å². The number of amides is 1. The van der Waals surface area contributed by atoms with Gasteiger partial charge in [-0.1, -0.05) is 54.6 Å². The van der Waals surface area contributed by atoms with Crippen LogP contribution < -0.4 is 5.32 Å². The van der Waals surface area contributed by atoms with E-state index in [1.54, 1.807) is 11.8 Å². The van der Waals surface area contributed by atoms with Crippen molar-refractivity contribution in [2.75, 3.05) is 12.3 Å². The molecule has 2 N–H and O–H groups in total. The Bertz CT molecular complexity index is 1010. The van der Waals surface area contributed by atoms with E-state index >= 15 is 0 Å². The van der Waals surface area contributed by atoms with Gasteiger partial charge in [0.15, 0.2) is 0 Å². The first-order valence-electron chi connectivity index (χ1n) is 8.43. The average Bonchev–Trinajstić information content (AvgIpc) is 3.34. The zero-order valence-corrected chi connectivity index (χ0v) is 15.7. The highest BCUT2D eigenvalue weighted by Crippen LogP contribution is 2.37. The summed E-state index contributed by atoms with van der Waals surface area (Å²) in [5, 5.41) is 6.14. The molecule has 5 heteroatoms. The lowest BCUT2D eigenvalue weighted by atomic mass is 10.1. The Hall–Kier alpha value is -2.50. The van der Waals surface area contributed by atoms with Crippen LogP contribution in [0.25, 0.3) is 22.2 Å². The quantitative estimate of drug-likeness (QED) is 0.348. The predicted molar refractivity (Wildman–Crippen MR) is 111 cm³/mol. The summed E-state index contributed by atoms with van der Waals surface area (Å²) in [4.78, 5) is 17.6. The van der Waals surface area contributed by atoms with Crippen LogP contribution in [-0.2, 0) is 0 Å². The van der Waals surface area contributed by atoms with Gasteiger partial charge in [-0.05, 0) is 23.1 Å². The van der Waals surface area contributed by atoms with Crippen LogP contribution in [-0.4, -0.2) is 23.2 Å². The molecule has 0 fully saturated rings. The third-order valence-corrected chi connectivity index (χ3v) is 6.09. The van der Waals surface area contributed by atoms with Gasteiger partial charge in [0.1, 0.15) is 0 Å². The van der Waals surface area contributed by atoms with Gasteiger partial charge in [0.05, 0.1) is 10.6 Å². The summed E-state index contributed by atoms with van der Waals surface area (Å²) < 4.78 is 0. The number of aromatic nitrogens is 1. The first-order chi connectivity index (χ1) is 12.8. The van der Waals surface area contributed by atoms with Gasteiger partial charge in [0.2, 0.25) is 0 Å². The normalized spacial score (nSPS) is 10.9. The van der Waals surface area contributed by atoms with Crippen molar-refractivity contribution in [1.82, 2.24) is 10.3 Å². The number of para-hydroxylation sites is 1. The van der Waals surface area contributed by atoms with Gasteiger partial charge in [-0.3, -0.25) is 4.79 Å². The summed E-state index contributed by atoms with van der Waals surface area (Å²) in [5.74, 6) is 0.821. The lowest BCUT2D eigenvalue weighted by Crippen LogP contribution is -2.24. The third-order valence-electron chi connectivity index (χ3n) is 4.10. The van der Waals surface area contributed by atoms with Crippen LogP contribution in [0.1, 0.15) is 9.67 Å². The summed E-state index contributed by atoms with van der Waals surface area (Å²) in [6, 6.07) is 22.5. The SMILES string of the molecule is O=C(NCCSc1c(-c2ccccc2)[nH]c2ccccc12)c1cccs1. The predicted octanol–water partition coefficient (Wildman–Crippen LogP) is 5.42. The molecule has 0 unspecified atom stereocenters. The van der Waals surface area contributed by atoms with Gasteiger partial charge in [-0.2, -0.15) is 0 Å². The van der Waals surface area contributed by atoms with Gasteiger partial charge >= 0.3 is 0 Å². The van der Waals surface area contributed by atoms with E-state index in [2.05, 4.69) is 52.8 Å². The molecule has 0 aliphatic carbocycles. The molecule has 0 bridgehead atoms.